The number of hydrogen-bond acceptors (Lipinski definition) is 3. The van der Waals surface area contributed by atoms with Crippen molar-refractivity contribution in [2.45, 2.75) is 12.8 Å². The number of carbonyl (C=O) groups is 2. The molecule has 0 aromatic heterocycles. The van der Waals surface area contributed by atoms with Crippen LogP contribution >= 0.6 is 0 Å². The Morgan fingerprint density at radius 2 is 2.06 bits per heavy atom. The van der Waals surface area contributed by atoms with E-state index in [1.807, 2.05) is 6.07 Å². The summed E-state index contributed by atoms with van der Waals surface area (Å²) in [7, 11) is 0. The van der Waals surface area contributed by atoms with Crippen molar-refractivity contribution in [3.8, 4) is 6.07 Å². The van der Waals surface area contributed by atoms with Crippen LogP contribution in [-0.4, -0.2) is 23.7 Å². The molecule has 1 aromatic carbocycles. The van der Waals surface area contributed by atoms with Gasteiger partial charge in [-0.05, 0) is 18.6 Å². The van der Waals surface area contributed by atoms with Gasteiger partial charge in [-0.3, -0.25) is 4.79 Å². The number of urea groups is 1. The molecular weight excluding hydrogens is 234 g/mol. The molecule has 1 rings (SSSR count). The predicted molar refractivity (Wildman–Crippen MR) is 65.0 cm³/mol. The number of benzene rings is 1. The lowest BCUT2D eigenvalue weighted by atomic mass is 10.2. The number of rotatable bonds is 5. The molecule has 0 fully saturated rings. The van der Waals surface area contributed by atoms with Gasteiger partial charge in [0.1, 0.15) is 6.07 Å². The summed E-state index contributed by atoms with van der Waals surface area (Å²) >= 11 is 0. The molecule has 0 atom stereocenters. The number of nitriles is 1. The first kappa shape index (κ1) is 13.5. The summed E-state index contributed by atoms with van der Waals surface area (Å²) in [4.78, 5) is 21.7. The number of nitrogens with zero attached hydrogens (tertiary/aromatic N) is 1. The van der Waals surface area contributed by atoms with E-state index >= 15 is 0 Å². The maximum atomic E-state index is 11.4. The normalized spacial score (nSPS) is 9.28. The highest BCUT2D eigenvalue weighted by molar-refractivity contribution is 5.90. The lowest BCUT2D eigenvalue weighted by Crippen LogP contribution is -2.30. The number of carboxylic acids is 1. The maximum Gasteiger partial charge on any atom is 0.319 e. The molecule has 94 valence electrons. The zero-order valence-corrected chi connectivity index (χ0v) is 9.64. The molecule has 0 aliphatic heterocycles. The molecule has 2 amide bonds. The van der Waals surface area contributed by atoms with Crippen molar-refractivity contribution in [1.29, 1.82) is 5.26 Å². The second kappa shape index (κ2) is 6.91. The average molecular weight is 247 g/mol. The van der Waals surface area contributed by atoms with E-state index in [4.69, 9.17) is 10.4 Å². The monoisotopic (exact) mass is 247 g/mol. The number of anilines is 1. The summed E-state index contributed by atoms with van der Waals surface area (Å²) in [6, 6.07) is 8.14. The SMILES string of the molecule is N#Cc1ccccc1NC(=O)NCCCC(=O)O. The molecule has 0 radical (unpaired) electrons. The first-order valence-electron chi connectivity index (χ1n) is 5.39. The molecule has 0 aliphatic rings. The zero-order chi connectivity index (χ0) is 13.4. The molecule has 6 heteroatoms. The van der Waals surface area contributed by atoms with E-state index in [9.17, 15) is 9.59 Å². The van der Waals surface area contributed by atoms with Crippen molar-refractivity contribution in [3.63, 3.8) is 0 Å². The van der Waals surface area contributed by atoms with Gasteiger partial charge in [-0.1, -0.05) is 12.1 Å². The van der Waals surface area contributed by atoms with Crippen LogP contribution in [0.4, 0.5) is 10.5 Å². The van der Waals surface area contributed by atoms with Crippen LogP contribution in [0.2, 0.25) is 0 Å². The smallest absolute Gasteiger partial charge is 0.319 e. The molecule has 0 spiro atoms. The van der Waals surface area contributed by atoms with Crippen LogP contribution in [0.25, 0.3) is 0 Å². The van der Waals surface area contributed by atoms with Gasteiger partial charge in [0.2, 0.25) is 0 Å². The average Bonchev–Trinajstić information content (AvgIpc) is 2.35. The van der Waals surface area contributed by atoms with Crippen LogP contribution in [0.5, 0.6) is 0 Å². The van der Waals surface area contributed by atoms with Crippen LogP contribution in [0.15, 0.2) is 24.3 Å². The third kappa shape index (κ3) is 4.53. The van der Waals surface area contributed by atoms with Gasteiger partial charge in [0, 0.05) is 13.0 Å². The third-order valence-electron chi connectivity index (χ3n) is 2.15. The van der Waals surface area contributed by atoms with Gasteiger partial charge in [-0.2, -0.15) is 5.26 Å². The quantitative estimate of drug-likeness (QED) is 0.687. The minimum Gasteiger partial charge on any atom is -0.481 e. The van der Waals surface area contributed by atoms with Crippen molar-refractivity contribution < 1.29 is 14.7 Å². The van der Waals surface area contributed by atoms with Gasteiger partial charge >= 0.3 is 12.0 Å². The van der Waals surface area contributed by atoms with Crippen molar-refractivity contribution in [1.82, 2.24) is 5.32 Å². The summed E-state index contributed by atoms with van der Waals surface area (Å²) < 4.78 is 0. The minimum absolute atomic E-state index is 0.00899. The Balaban J connectivity index is 2.41. The topological polar surface area (TPSA) is 102 Å². The number of carboxylic acid groups (broad SMARTS) is 1. The molecule has 1 aromatic rings. The first-order valence-corrected chi connectivity index (χ1v) is 5.39. The first-order chi connectivity index (χ1) is 8.63. The van der Waals surface area contributed by atoms with Crippen LogP contribution in [0.1, 0.15) is 18.4 Å². The van der Waals surface area contributed by atoms with E-state index in [1.54, 1.807) is 24.3 Å². The summed E-state index contributed by atoms with van der Waals surface area (Å²) in [5, 5.41) is 22.3. The second-order valence-corrected chi connectivity index (χ2v) is 3.54. The Morgan fingerprint density at radius 1 is 1.33 bits per heavy atom. The maximum absolute atomic E-state index is 11.4. The van der Waals surface area contributed by atoms with E-state index in [2.05, 4.69) is 10.6 Å². The molecule has 0 aliphatic carbocycles. The van der Waals surface area contributed by atoms with Gasteiger partial charge in [0.05, 0.1) is 11.3 Å². The molecule has 0 bridgehead atoms. The second-order valence-electron chi connectivity index (χ2n) is 3.54. The number of carbonyl (C=O) groups excluding carboxylic acids is 1. The van der Waals surface area contributed by atoms with Gasteiger partial charge < -0.3 is 15.7 Å². The highest BCUT2D eigenvalue weighted by Gasteiger charge is 2.05. The van der Waals surface area contributed by atoms with Crippen LogP contribution in [0, 0.1) is 11.3 Å². The number of nitrogens with one attached hydrogen (secondary N) is 2. The predicted octanol–water partition coefficient (Wildman–Crippen LogP) is 1.54. The third-order valence-corrected chi connectivity index (χ3v) is 2.15. The molecule has 0 saturated heterocycles. The highest BCUT2D eigenvalue weighted by Crippen LogP contribution is 2.12. The largest absolute Gasteiger partial charge is 0.481 e. The van der Waals surface area contributed by atoms with Gasteiger partial charge in [0.15, 0.2) is 0 Å². The van der Waals surface area contributed by atoms with Crippen molar-refractivity contribution in [3.05, 3.63) is 29.8 Å². The van der Waals surface area contributed by atoms with E-state index in [0.717, 1.165) is 0 Å². The Morgan fingerprint density at radius 3 is 2.72 bits per heavy atom. The van der Waals surface area contributed by atoms with E-state index in [-0.39, 0.29) is 13.0 Å². The fourth-order valence-corrected chi connectivity index (χ4v) is 1.30. The molecule has 6 nitrogen and oxygen atoms in total. The van der Waals surface area contributed by atoms with E-state index < -0.39 is 12.0 Å². The number of hydrogen-bond donors (Lipinski definition) is 3. The lowest BCUT2D eigenvalue weighted by Gasteiger charge is -2.08. The summed E-state index contributed by atoms with van der Waals surface area (Å²) in [6.07, 6.45) is 0.373. The van der Waals surface area contributed by atoms with E-state index in [0.29, 0.717) is 17.7 Å². The fraction of sp³-hybridized carbons (Fsp3) is 0.250. The van der Waals surface area contributed by atoms with Crippen LogP contribution < -0.4 is 10.6 Å². The van der Waals surface area contributed by atoms with Crippen LogP contribution in [0.3, 0.4) is 0 Å². The van der Waals surface area contributed by atoms with Crippen molar-refractivity contribution in [2.24, 2.45) is 0 Å². The Bertz CT molecular complexity index is 480. The Labute approximate surface area is 104 Å². The van der Waals surface area contributed by atoms with Gasteiger partial charge in [-0.25, -0.2) is 4.79 Å². The highest BCUT2D eigenvalue weighted by atomic mass is 16.4. The molecule has 0 heterocycles. The summed E-state index contributed by atoms with van der Waals surface area (Å²) in [5.41, 5.74) is 0.800. The molecular formula is C12H13N3O3. The van der Waals surface area contributed by atoms with Gasteiger partial charge in [-0.15, -0.1) is 0 Å². The fourth-order valence-electron chi connectivity index (χ4n) is 1.30. The number of aliphatic carboxylic acids is 1. The molecule has 0 unspecified atom stereocenters. The van der Waals surface area contributed by atoms with Crippen molar-refractivity contribution in [2.75, 3.05) is 11.9 Å². The molecule has 0 saturated carbocycles. The Kier molecular flexibility index (Phi) is 5.19. The lowest BCUT2D eigenvalue weighted by molar-refractivity contribution is -0.137. The van der Waals surface area contributed by atoms with Gasteiger partial charge in [0.25, 0.3) is 0 Å². The minimum atomic E-state index is -0.896. The Hall–Kier alpha value is -2.55. The summed E-state index contributed by atoms with van der Waals surface area (Å²) in [6.45, 7) is 0.271. The molecule has 3 N–H and O–H groups in total. The standard InChI is InChI=1S/C12H13N3O3/c13-8-9-4-1-2-5-10(9)15-12(18)14-7-3-6-11(16)17/h1-2,4-5H,3,6-7H2,(H,16,17)(H2,14,15,18). The van der Waals surface area contributed by atoms with E-state index in [1.165, 1.54) is 0 Å². The van der Waals surface area contributed by atoms with Crippen molar-refractivity contribution >= 4 is 17.7 Å². The summed E-state index contributed by atoms with van der Waals surface area (Å²) in [5.74, 6) is -0.896. The van der Waals surface area contributed by atoms with Crippen LogP contribution in [-0.2, 0) is 4.79 Å². The number of para-hydroxylation sites is 1. The number of amides is 2. The zero-order valence-electron chi connectivity index (χ0n) is 9.64. The molecule has 18 heavy (non-hydrogen) atoms.